The van der Waals surface area contributed by atoms with E-state index >= 15 is 0 Å². The van der Waals surface area contributed by atoms with Gasteiger partial charge in [-0.1, -0.05) is 6.92 Å². The second kappa shape index (κ2) is 5.67. The fraction of sp³-hybridized carbons (Fsp3) is 0.571. The Labute approximate surface area is 122 Å². The first-order valence-corrected chi connectivity index (χ1v) is 7.03. The zero-order chi connectivity index (χ0) is 15.6. The standard InChI is InChI=1S/C14H19N3O4/c1-3-8-17-11(18)6-5-10(15-17)12(19)16-9-4-7-14(16,2)13(20)21/h5-6H,3-4,7-9H2,1-2H3,(H,20,21). The normalized spacial score (nSPS) is 21.5. The molecule has 0 saturated carbocycles. The van der Waals surface area contributed by atoms with Gasteiger partial charge in [-0.2, -0.15) is 5.10 Å². The Bertz CT molecular complexity index is 625. The highest BCUT2D eigenvalue weighted by Gasteiger charge is 2.46. The van der Waals surface area contributed by atoms with E-state index in [0.29, 0.717) is 25.9 Å². The number of hydrogen-bond donors (Lipinski definition) is 1. The minimum atomic E-state index is -1.20. The van der Waals surface area contributed by atoms with Crippen LogP contribution in [0.5, 0.6) is 0 Å². The lowest BCUT2D eigenvalue weighted by Crippen LogP contribution is -2.51. The molecule has 0 aromatic carbocycles. The summed E-state index contributed by atoms with van der Waals surface area (Å²) >= 11 is 0. The van der Waals surface area contributed by atoms with Crippen molar-refractivity contribution in [1.82, 2.24) is 14.7 Å². The first-order valence-electron chi connectivity index (χ1n) is 7.03. The molecule has 1 atom stereocenters. The Morgan fingerprint density at radius 1 is 1.43 bits per heavy atom. The molecule has 0 bridgehead atoms. The lowest BCUT2D eigenvalue weighted by Gasteiger charge is -2.30. The van der Waals surface area contributed by atoms with Crippen LogP contribution in [0.1, 0.15) is 43.6 Å². The van der Waals surface area contributed by atoms with Gasteiger partial charge in [0.2, 0.25) is 0 Å². The molecule has 7 nitrogen and oxygen atoms in total. The summed E-state index contributed by atoms with van der Waals surface area (Å²) in [6, 6.07) is 2.65. The minimum absolute atomic E-state index is 0.109. The summed E-state index contributed by atoms with van der Waals surface area (Å²) < 4.78 is 1.24. The molecular formula is C14H19N3O4. The molecule has 1 fully saturated rings. The molecule has 1 aromatic heterocycles. The van der Waals surface area contributed by atoms with Crippen LogP contribution >= 0.6 is 0 Å². The average molecular weight is 293 g/mol. The Balaban J connectivity index is 2.34. The average Bonchev–Trinajstić information content (AvgIpc) is 2.84. The van der Waals surface area contributed by atoms with Crippen molar-refractivity contribution in [3.05, 3.63) is 28.2 Å². The topological polar surface area (TPSA) is 92.5 Å². The number of carboxylic acids is 1. The Morgan fingerprint density at radius 2 is 2.14 bits per heavy atom. The van der Waals surface area contributed by atoms with E-state index < -0.39 is 17.4 Å². The van der Waals surface area contributed by atoms with Gasteiger partial charge in [0, 0.05) is 19.2 Å². The highest BCUT2D eigenvalue weighted by Crippen LogP contribution is 2.30. The first-order chi connectivity index (χ1) is 9.90. The zero-order valence-electron chi connectivity index (χ0n) is 12.2. The van der Waals surface area contributed by atoms with Crippen molar-refractivity contribution in [2.45, 2.75) is 45.2 Å². The highest BCUT2D eigenvalue weighted by atomic mass is 16.4. The highest BCUT2D eigenvalue weighted by molar-refractivity contribution is 5.96. The van der Waals surface area contributed by atoms with Gasteiger partial charge in [-0.05, 0) is 32.3 Å². The maximum atomic E-state index is 12.5. The lowest BCUT2D eigenvalue weighted by molar-refractivity contribution is -0.147. The molecule has 0 spiro atoms. The van der Waals surface area contributed by atoms with Crippen LogP contribution in [0.2, 0.25) is 0 Å². The van der Waals surface area contributed by atoms with Crippen molar-refractivity contribution in [2.24, 2.45) is 0 Å². The van der Waals surface area contributed by atoms with Crippen molar-refractivity contribution in [1.29, 1.82) is 0 Å². The van der Waals surface area contributed by atoms with E-state index in [1.807, 2.05) is 6.92 Å². The van der Waals surface area contributed by atoms with Gasteiger partial charge in [0.15, 0.2) is 0 Å². The van der Waals surface area contributed by atoms with Crippen LogP contribution in [0.3, 0.4) is 0 Å². The number of carboxylic acid groups (broad SMARTS) is 1. The summed E-state index contributed by atoms with van der Waals surface area (Å²) in [7, 11) is 0. The quantitative estimate of drug-likeness (QED) is 0.883. The third-order valence-corrected chi connectivity index (χ3v) is 3.87. The summed E-state index contributed by atoms with van der Waals surface area (Å²) in [5.41, 5.74) is -1.36. The van der Waals surface area contributed by atoms with Crippen molar-refractivity contribution in [3.63, 3.8) is 0 Å². The fourth-order valence-electron chi connectivity index (χ4n) is 2.58. The maximum Gasteiger partial charge on any atom is 0.329 e. The molecule has 1 aliphatic rings. The molecule has 0 aliphatic carbocycles. The Morgan fingerprint density at radius 3 is 2.76 bits per heavy atom. The molecule has 7 heteroatoms. The van der Waals surface area contributed by atoms with E-state index in [9.17, 15) is 19.5 Å². The second-order valence-electron chi connectivity index (χ2n) is 5.42. The monoisotopic (exact) mass is 293 g/mol. The van der Waals surface area contributed by atoms with Gasteiger partial charge in [-0.25, -0.2) is 9.48 Å². The smallest absolute Gasteiger partial charge is 0.329 e. The zero-order valence-corrected chi connectivity index (χ0v) is 12.2. The van der Waals surface area contributed by atoms with Crippen LogP contribution in [-0.2, 0) is 11.3 Å². The molecule has 1 aromatic rings. The number of amides is 1. The summed E-state index contributed by atoms with van der Waals surface area (Å²) in [5.74, 6) is -1.46. The van der Waals surface area contributed by atoms with Crippen LogP contribution in [0.25, 0.3) is 0 Å². The van der Waals surface area contributed by atoms with Crippen molar-refractivity contribution >= 4 is 11.9 Å². The van der Waals surface area contributed by atoms with E-state index in [2.05, 4.69) is 5.10 Å². The third-order valence-electron chi connectivity index (χ3n) is 3.87. The number of aromatic nitrogens is 2. The molecule has 1 aliphatic heterocycles. The molecule has 1 amide bonds. The number of carbonyl (C=O) groups excluding carboxylic acids is 1. The number of carbonyl (C=O) groups is 2. The SMILES string of the molecule is CCCn1nc(C(=O)N2CCCC2(C)C(=O)O)ccc1=O. The summed E-state index contributed by atoms with van der Waals surface area (Å²) in [6.07, 6.45) is 1.78. The molecule has 1 saturated heterocycles. The summed E-state index contributed by atoms with van der Waals surface area (Å²) in [4.78, 5) is 36.9. The summed E-state index contributed by atoms with van der Waals surface area (Å²) in [6.45, 7) is 4.26. The number of nitrogens with zero attached hydrogens (tertiary/aromatic N) is 3. The van der Waals surface area contributed by atoms with Gasteiger partial charge in [-0.3, -0.25) is 9.59 Å². The van der Waals surface area contributed by atoms with E-state index in [4.69, 9.17) is 0 Å². The van der Waals surface area contributed by atoms with Gasteiger partial charge >= 0.3 is 5.97 Å². The van der Waals surface area contributed by atoms with Gasteiger partial charge < -0.3 is 10.0 Å². The predicted octanol–water partition coefficient (Wildman–Crippen LogP) is 0.733. The number of rotatable bonds is 4. The maximum absolute atomic E-state index is 12.5. The minimum Gasteiger partial charge on any atom is -0.480 e. The molecule has 1 N–H and O–H groups in total. The number of hydrogen-bond acceptors (Lipinski definition) is 4. The number of aryl methyl sites for hydroxylation is 1. The van der Waals surface area contributed by atoms with E-state index in [-0.39, 0.29) is 11.3 Å². The van der Waals surface area contributed by atoms with Crippen LogP contribution in [0.15, 0.2) is 16.9 Å². The molecule has 114 valence electrons. The second-order valence-corrected chi connectivity index (χ2v) is 5.42. The van der Waals surface area contributed by atoms with Gasteiger partial charge in [0.25, 0.3) is 11.5 Å². The Kier molecular flexibility index (Phi) is 4.11. The van der Waals surface area contributed by atoms with E-state index in [1.165, 1.54) is 21.7 Å². The Hall–Kier alpha value is -2.18. The first kappa shape index (κ1) is 15.2. The van der Waals surface area contributed by atoms with Gasteiger partial charge in [0.05, 0.1) is 0 Å². The van der Waals surface area contributed by atoms with E-state index in [1.54, 1.807) is 6.92 Å². The molecular weight excluding hydrogens is 274 g/mol. The van der Waals surface area contributed by atoms with Gasteiger partial charge in [-0.15, -0.1) is 0 Å². The van der Waals surface area contributed by atoms with Gasteiger partial charge in [0.1, 0.15) is 11.2 Å². The molecule has 1 unspecified atom stereocenters. The largest absolute Gasteiger partial charge is 0.480 e. The molecule has 21 heavy (non-hydrogen) atoms. The van der Waals surface area contributed by atoms with Crippen LogP contribution < -0.4 is 5.56 Å². The van der Waals surface area contributed by atoms with Crippen molar-refractivity contribution in [2.75, 3.05) is 6.54 Å². The van der Waals surface area contributed by atoms with Crippen LogP contribution in [0.4, 0.5) is 0 Å². The lowest BCUT2D eigenvalue weighted by atomic mass is 9.99. The third kappa shape index (κ3) is 2.68. The predicted molar refractivity (Wildman–Crippen MR) is 75.1 cm³/mol. The number of likely N-dealkylation sites (tertiary alicyclic amines) is 1. The molecule has 0 radical (unpaired) electrons. The van der Waals surface area contributed by atoms with Crippen LogP contribution in [0, 0.1) is 0 Å². The van der Waals surface area contributed by atoms with Crippen molar-refractivity contribution in [3.8, 4) is 0 Å². The van der Waals surface area contributed by atoms with E-state index in [0.717, 1.165) is 6.42 Å². The van der Waals surface area contributed by atoms with Crippen LogP contribution in [-0.4, -0.2) is 43.7 Å². The molecule has 2 rings (SSSR count). The van der Waals surface area contributed by atoms with Crippen molar-refractivity contribution < 1.29 is 14.7 Å². The molecule has 2 heterocycles. The number of aliphatic carboxylic acids is 1. The summed E-state index contributed by atoms with van der Waals surface area (Å²) in [5, 5.41) is 13.4. The fourth-order valence-corrected chi connectivity index (χ4v) is 2.58.